The van der Waals surface area contributed by atoms with Crippen LogP contribution in [0.5, 0.6) is 0 Å². The predicted octanol–water partition coefficient (Wildman–Crippen LogP) is 3.50. The first-order valence-corrected chi connectivity index (χ1v) is 6.34. The van der Waals surface area contributed by atoms with Crippen molar-refractivity contribution < 1.29 is 4.39 Å². The van der Waals surface area contributed by atoms with Gasteiger partial charge < -0.3 is 10.6 Å². The van der Waals surface area contributed by atoms with Crippen LogP contribution in [0.4, 0.5) is 27.5 Å². The molecule has 0 aliphatic carbocycles. The molecule has 0 unspecified atom stereocenters. The molecule has 0 spiro atoms. The molecule has 5 nitrogen and oxygen atoms in total. The molecular weight excluding hydrogens is 269 g/mol. The Hall–Kier alpha value is -3.02. The average Bonchev–Trinajstić information content (AvgIpc) is 2.49. The van der Waals surface area contributed by atoms with E-state index in [9.17, 15) is 4.39 Å². The quantitative estimate of drug-likeness (QED) is 0.766. The highest BCUT2D eigenvalue weighted by Crippen LogP contribution is 2.16. The monoisotopic (exact) mass is 281 g/mol. The van der Waals surface area contributed by atoms with Crippen LogP contribution in [-0.2, 0) is 0 Å². The van der Waals surface area contributed by atoms with Crippen molar-refractivity contribution in [2.45, 2.75) is 0 Å². The van der Waals surface area contributed by atoms with E-state index in [1.54, 1.807) is 12.1 Å². The largest absolute Gasteiger partial charge is 0.339 e. The zero-order valence-electron chi connectivity index (χ0n) is 11.0. The van der Waals surface area contributed by atoms with E-state index in [4.69, 9.17) is 0 Å². The van der Waals surface area contributed by atoms with Gasteiger partial charge in [0.05, 0.1) is 6.20 Å². The molecule has 0 saturated heterocycles. The number of halogens is 1. The predicted molar refractivity (Wildman–Crippen MR) is 79.2 cm³/mol. The summed E-state index contributed by atoms with van der Waals surface area (Å²) in [5.74, 6) is 0.517. The van der Waals surface area contributed by atoms with Gasteiger partial charge in [-0.3, -0.25) is 0 Å². The maximum atomic E-state index is 13.1. The van der Waals surface area contributed by atoms with Gasteiger partial charge in [-0.05, 0) is 30.3 Å². The number of para-hydroxylation sites is 1. The summed E-state index contributed by atoms with van der Waals surface area (Å²) in [6.07, 6.45) is 1.52. The number of benzene rings is 2. The molecule has 0 radical (unpaired) electrons. The fraction of sp³-hybridized carbons (Fsp3) is 0. The van der Waals surface area contributed by atoms with Gasteiger partial charge in [0.25, 0.3) is 0 Å². The van der Waals surface area contributed by atoms with Crippen molar-refractivity contribution in [1.82, 2.24) is 15.2 Å². The molecule has 0 aliphatic rings. The molecule has 0 bridgehead atoms. The summed E-state index contributed by atoms with van der Waals surface area (Å²) in [5, 5.41) is 13.8. The summed E-state index contributed by atoms with van der Waals surface area (Å²) < 4.78 is 13.1. The first-order valence-electron chi connectivity index (χ1n) is 6.34. The zero-order chi connectivity index (χ0) is 14.5. The molecule has 3 aromatic rings. The molecule has 21 heavy (non-hydrogen) atoms. The van der Waals surface area contributed by atoms with E-state index < -0.39 is 0 Å². The molecule has 0 atom stereocenters. The van der Waals surface area contributed by atoms with Crippen LogP contribution in [0.2, 0.25) is 0 Å². The van der Waals surface area contributed by atoms with Gasteiger partial charge in [-0.1, -0.05) is 24.3 Å². The van der Waals surface area contributed by atoms with Crippen LogP contribution < -0.4 is 10.6 Å². The summed E-state index contributed by atoms with van der Waals surface area (Å²) in [6, 6.07) is 15.7. The molecule has 104 valence electrons. The van der Waals surface area contributed by atoms with Gasteiger partial charge in [0.15, 0.2) is 5.82 Å². The SMILES string of the molecule is Fc1cccc(Nc2nncc(Nc3ccccc3)n2)c1. The summed E-state index contributed by atoms with van der Waals surface area (Å²) >= 11 is 0. The van der Waals surface area contributed by atoms with Crippen molar-refractivity contribution in [1.29, 1.82) is 0 Å². The molecule has 0 aliphatic heterocycles. The normalized spacial score (nSPS) is 10.1. The molecule has 6 heteroatoms. The van der Waals surface area contributed by atoms with Gasteiger partial charge in [-0.15, -0.1) is 5.10 Å². The van der Waals surface area contributed by atoms with Crippen LogP contribution in [-0.4, -0.2) is 15.2 Å². The van der Waals surface area contributed by atoms with Crippen LogP contribution in [0.3, 0.4) is 0 Å². The van der Waals surface area contributed by atoms with Gasteiger partial charge >= 0.3 is 0 Å². The van der Waals surface area contributed by atoms with E-state index in [1.807, 2.05) is 30.3 Å². The fourth-order valence-corrected chi connectivity index (χ4v) is 1.78. The first-order chi connectivity index (χ1) is 10.3. The van der Waals surface area contributed by atoms with Crippen LogP contribution in [0.15, 0.2) is 60.8 Å². The van der Waals surface area contributed by atoms with Crippen molar-refractivity contribution in [3.8, 4) is 0 Å². The Morgan fingerprint density at radius 2 is 1.67 bits per heavy atom. The van der Waals surface area contributed by atoms with Gasteiger partial charge in [-0.25, -0.2) is 4.39 Å². The van der Waals surface area contributed by atoms with E-state index in [1.165, 1.54) is 18.3 Å². The number of nitrogens with zero attached hydrogens (tertiary/aromatic N) is 3. The van der Waals surface area contributed by atoms with Gasteiger partial charge in [0, 0.05) is 11.4 Å². The first kappa shape index (κ1) is 13.0. The number of nitrogens with one attached hydrogen (secondary N) is 2. The van der Waals surface area contributed by atoms with Crippen LogP contribution >= 0.6 is 0 Å². The summed E-state index contributed by atoms with van der Waals surface area (Å²) in [4.78, 5) is 4.27. The van der Waals surface area contributed by atoms with Crippen LogP contribution in [0.25, 0.3) is 0 Å². The third kappa shape index (κ3) is 3.50. The lowest BCUT2D eigenvalue weighted by Gasteiger charge is -2.07. The maximum absolute atomic E-state index is 13.1. The van der Waals surface area contributed by atoms with Gasteiger partial charge in [0.2, 0.25) is 5.95 Å². The van der Waals surface area contributed by atoms with Crippen molar-refractivity contribution >= 4 is 23.1 Å². The van der Waals surface area contributed by atoms with Gasteiger partial charge in [-0.2, -0.15) is 10.1 Å². The Morgan fingerprint density at radius 1 is 0.857 bits per heavy atom. The zero-order valence-corrected chi connectivity index (χ0v) is 11.0. The molecule has 3 rings (SSSR count). The fourth-order valence-electron chi connectivity index (χ4n) is 1.78. The van der Waals surface area contributed by atoms with Crippen LogP contribution in [0.1, 0.15) is 0 Å². The Labute approximate surface area is 120 Å². The van der Waals surface area contributed by atoms with Crippen molar-refractivity contribution in [2.75, 3.05) is 10.6 Å². The van der Waals surface area contributed by atoms with Crippen molar-refractivity contribution in [2.24, 2.45) is 0 Å². The Balaban J connectivity index is 1.77. The van der Waals surface area contributed by atoms with E-state index in [0.29, 0.717) is 17.5 Å². The average molecular weight is 281 g/mol. The Morgan fingerprint density at radius 3 is 2.48 bits per heavy atom. The lowest BCUT2D eigenvalue weighted by atomic mass is 10.3. The number of rotatable bonds is 4. The maximum Gasteiger partial charge on any atom is 0.249 e. The highest BCUT2D eigenvalue weighted by atomic mass is 19.1. The van der Waals surface area contributed by atoms with E-state index in [-0.39, 0.29) is 5.82 Å². The molecule has 0 amide bonds. The second kappa shape index (κ2) is 5.96. The second-order valence-corrected chi connectivity index (χ2v) is 4.29. The molecule has 1 heterocycles. The third-order valence-corrected chi connectivity index (χ3v) is 2.69. The summed E-state index contributed by atoms with van der Waals surface area (Å²) in [7, 11) is 0. The molecule has 0 saturated carbocycles. The Bertz CT molecular complexity index is 733. The summed E-state index contributed by atoms with van der Waals surface area (Å²) in [6.45, 7) is 0. The minimum Gasteiger partial charge on any atom is -0.339 e. The summed E-state index contributed by atoms with van der Waals surface area (Å²) in [5.41, 5.74) is 1.46. The molecule has 2 N–H and O–H groups in total. The minimum atomic E-state index is -0.327. The molecule has 0 fully saturated rings. The van der Waals surface area contributed by atoms with E-state index >= 15 is 0 Å². The third-order valence-electron chi connectivity index (χ3n) is 2.69. The smallest absolute Gasteiger partial charge is 0.249 e. The van der Waals surface area contributed by atoms with Crippen molar-refractivity contribution in [3.05, 3.63) is 66.6 Å². The lowest BCUT2D eigenvalue weighted by Crippen LogP contribution is -2.02. The second-order valence-electron chi connectivity index (χ2n) is 4.29. The standard InChI is InChI=1S/C15H12FN5/c16-11-5-4-8-13(9-11)19-15-20-14(10-17-21-15)18-12-6-2-1-3-7-12/h1-10H,(H2,18,19,20,21). The highest BCUT2D eigenvalue weighted by molar-refractivity contribution is 5.58. The highest BCUT2D eigenvalue weighted by Gasteiger charge is 2.02. The topological polar surface area (TPSA) is 62.7 Å². The number of hydrogen-bond acceptors (Lipinski definition) is 5. The molecule has 1 aromatic heterocycles. The molecule has 2 aromatic carbocycles. The number of anilines is 4. The number of aromatic nitrogens is 3. The van der Waals surface area contributed by atoms with Crippen LogP contribution in [0, 0.1) is 5.82 Å². The number of hydrogen-bond donors (Lipinski definition) is 2. The Kier molecular flexibility index (Phi) is 3.68. The minimum absolute atomic E-state index is 0.293. The van der Waals surface area contributed by atoms with E-state index in [2.05, 4.69) is 25.8 Å². The lowest BCUT2D eigenvalue weighted by molar-refractivity contribution is 0.628. The molecular formula is C15H12FN5. The van der Waals surface area contributed by atoms with Gasteiger partial charge in [0.1, 0.15) is 5.82 Å². The van der Waals surface area contributed by atoms with Crippen molar-refractivity contribution in [3.63, 3.8) is 0 Å². The van der Waals surface area contributed by atoms with E-state index in [0.717, 1.165) is 5.69 Å².